The summed E-state index contributed by atoms with van der Waals surface area (Å²) in [7, 11) is 1.65. The normalized spacial score (nSPS) is 9.00. The second-order valence-electron chi connectivity index (χ2n) is 3.03. The Morgan fingerprint density at radius 2 is 2.00 bits per heavy atom. The summed E-state index contributed by atoms with van der Waals surface area (Å²) in [6, 6.07) is 4.07. The lowest BCUT2D eigenvalue weighted by Gasteiger charge is -2.09. The Morgan fingerprint density at radius 1 is 1.36 bits per heavy atom. The Bertz CT molecular complexity index is 396. The second kappa shape index (κ2) is 4.50. The van der Waals surface area contributed by atoms with E-state index in [1.54, 1.807) is 19.3 Å². The molecule has 0 heterocycles. The van der Waals surface area contributed by atoms with E-state index in [1.807, 2.05) is 19.1 Å². The van der Waals surface area contributed by atoms with Gasteiger partial charge in [0.1, 0.15) is 5.75 Å². The fraction of sp³-hybridized carbons (Fsp3) is 0.154. The zero-order valence-corrected chi connectivity index (χ0v) is 8.63. The quantitative estimate of drug-likeness (QED) is 0.657. The molecule has 0 aliphatic heterocycles. The number of hydrogen-bond donors (Lipinski definition) is 0. The highest BCUT2D eigenvalue weighted by atomic mass is 16.5. The molecular formula is C13H14O. The van der Waals surface area contributed by atoms with Gasteiger partial charge in [-0.05, 0) is 30.7 Å². The van der Waals surface area contributed by atoms with E-state index in [0.717, 1.165) is 16.9 Å². The van der Waals surface area contributed by atoms with Gasteiger partial charge in [-0.1, -0.05) is 19.2 Å². The zero-order valence-electron chi connectivity index (χ0n) is 8.63. The molecule has 0 spiro atoms. The Balaban J connectivity index is 3.45. The molecule has 0 amide bonds. The second-order valence-corrected chi connectivity index (χ2v) is 3.03. The third-order valence-electron chi connectivity index (χ3n) is 1.97. The van der Waals surface area contributed by atoms with Gasteiger partial charge in [0.15, 0.2) is 0 Å². The third kappa shape index (κ3) is 1.95. The van der Waals surface area contributed by atoms with Crippen LogP contribution in [0.1, 0.15) is 16.7 Å². The lowest BCUT2D eigenvalue weighted by atomic mass is 10.0. The molecule has 0 bridgehead atoms. The van der Waals surface area contributed by atoms with Crippen LogP contribution in [0.3, 0.4) is 0 Å². The van der Waals surface area contributed by atoms with Crippen molar-refractivity contribution in [3.8, 4) is 5.75 Å². The molecule has 1 aromatic carbocycles. The minimum atomic E-state index is 0.821. The van der Waals surface area contributed by atoms with Crippen LogP contribution in [0, 0.1) is 6.92 Å². The summed E-state index contributed by atoms with van der Waals surface area (Å²) in [5.41, 5.74) is 5.89. The molecule has 0 atom stereocenters. The first kappa shape index (κ1) is 10.4. The van der Waals surface area contributed by atoms with Crippen molar-refractivity contribution >= 4 is 12.2 Å². The summed E-state index contributed by atoms with van der Waals surface area (Å²) in [5.74, 6) is 0.821. The molecule has 0 saturated heterocycles. The standard InChI is InChI=1S/C13H14O/c1-5-7-12-9-10(3)8-11(6-2)13(12)14-4/h6-9H,1-2H2,3-4H3. The van der Waals surface area contributed by atoms with E-state index in [2.05, 4.69) is 18.9 Å². The van der Waals surface area contributed by atoms with Crippen molar-refractivity contribution in [2.24, 2.45) is 0 Å². The molecule has 0 radical (unpaired) electrons. The highest BCUT2D eigenvalue weighted by Crippen LogP contribution is 2.27. The van der Waals surface area contributed by atoms with Crippen molar-refractivity contribution in [1.29, 1.82) is 0 Å². The van der Waals surface area contributed by atoms with Gasteiger partial charge in [-0.2, -0.15) is 0 Å². The first-order valence-electron chi connectivity index (χ1n) is 4.39. The molecule has 0 saturated carbocycles. The average molecular weight is 186 g/mol. The van der Waals surface area contributed by atoms with E-state index in [9.17, 15) is 0 Å². The molecule has 1 heteroatoms. The van der Waals surface area contributed by atoms with Crippen LogP contribution in [0.25, 0.3) is 12.2 Å². The van der Waals surface area contributed by atoms with Crippen LogP contribution >= 0.6 is 0 Å². The van der Waals surface area contributed by atoms with Crippen LogP contribution in [0.2, 0.25) is 0 Å². The smallest absolute Gasteiger partial charge is 0.133 e. The molecule has 0 N–H and O–H groups in total. The predicted octanol–water partition coefficient (Wildman–Crippen LogP) is 3.44. The van der Waals surface area contributed by atoms with E-state index in [4.69, 9.17) is 4.74 Å². The summed E-state index contributed by atoms with van der Waals surface area (Å²) >= 11 is 0. The highest BCUT2D eigenvalue weighted by molar-refractivity contribution is 5.68. The highest BCUT2D eigenvalue weighted by Gasteiger charge is 2.05. The molecule has 1 rings (SSSR count). The number of aryl methyl sites for hydroxylation is 1. The first-order chi connectivity index (χ1) is 6.72. The maximum atomic E-state index is 5.30. The third-order valence-corrected chi connectivity index (χ3v) is 1.97. The molecular weight excluding hydrogens is 172 g/mol. The average Bonchev–Trinajstić information content (AvgIpc) is 2.17. The number of benzene rings is 1. The van der Waals surface area contributed by atoms with E-state index in [0.29, 0.717) is 0 Å². The van der Waals surface area contributed by atoms with Crippen LogP contribution in [-0.2, 0) is 0 Å². The molecule has 1 nitrogen and oxygen atoms in total. The van der Waals surface area contributed by atoms with Gasteiger partial charge in [0.2, 0.25) is 0 Å². The minimum absolute atomic E-state index is 0.821. The Hall–Kier alpha value is -1.72. The predicted molar refractivity (Wildman–Crippen MR) is 61.4 cm³/mol. The van der Waals surface area contributed by atoms with E-state index < -0.39 is 0 Å². The lowest BCUT2D eigenvalue weighted by Crippen LogP contribution is -1.91. The number of methoxy groups -OCH3 is 1. The topological polar surface area (TPSA) is 9.23 Å². The minimum Gasteiger partial charge on any atom is -0.495 e. The van der Waals surface area contributed by atoms with Gasteiger partial charge >= 0.3 is 0 Å². The summed E-state index contributed by atoms with van der Waals surface area (Å²) in [5, 5.41) is 0. The van der Waals surface area contributed by atoms with E-state index in [1.165, 1.54) is 5.56 Å². The van der Waals surface area contributed by atoms with Crippen LogP contribution < -0.4 is 4.74 Å². The molecule has 0 aromatic heterocycles. The van der Waals surface area contributed by atoms with E-state index in [-0.39, 0.29) is 0 Å². The van der Waals surface area contributed by atoms with Gasteiger partial charge < -0.3 is 4.74 Å². The summed E-state index contributed by atoms with van der Waals surface area (Å²) in [6.45, 7) is 9.34. The SMILES string of the molecule is C=C=Cc1cc(C)cc(C=C)c1OC. The van der Waals surface area contributed by atoms with Crippen LogP contribution in [0.5, 0.6) is 5.75 Å². The van der Waals surface area contributed by atoms with E-state index >= 15 is 0 Å². The van der Waals surface area contributed by atoms with Crippen LogP contribution in [-0.4, -0.2) is 7.11 Å². The van der Waals surface area contributed by atoms with Crippen molar-refractivity contribution < 1.29 is 4.74 Å². The molecule has 0 aliphatic rings. The van der Waals surface area contributed by atoms with Gasteiger partial charge in [0.25, 0.3) is 0 Å². The van der Waals surface area contributed by atoms with Gasteiger partial charge in [0, 0.05) is 11.1 Å². The van der Waals surface area contributed by atoms with Gasteiger partial charge in [-0.15, -0.1) is 5.73 Å². The molecule has 0 aliphatic carbocycles. The van der Waals surface area contributed by atoms with Gasteiger partial charge in [-0.25, -0.2) is 0 Å². The van der Waals surface area contributed by atoms with Crippen LogP contribution in [0.4, 0.5) is 0 Å². The molecule has 14 heavy (non-hydrogen) atoms. The largest absolute Gasteiger partial charge is 0.495 e. The van der Waals surface area contributed by atoms with Crippen molar-refractivity contribution in [2.75, 3.05) is 7.11 Å². The van der Waals surface area contributed by atoms with Crippen molar-refractivity contribution in [2.45, 2.75) is 6.92 Å². The number of rotatable bonds is 3. The van der Waals surface area contributed by atoms with Gasteiger partial charge in [0.05, 0.1) is 7.11 Å². The van der Waals surface area contributed by atoms with Crippen molar-refractivity contribution in [3.05, 3.63) is 47.7 Å². The fourth-order valence-corrected chi connectivity index (χ4v) is 1.43. The maximum Gasteiger partial charge on any atom is 0.133 e. The maximum absolute atomic E-state index is 5.30. The first-order valence-corrected chi connectivity index (χ1v) is 4.39. The number of hydrogen-bond acceptors (Lipinski definition) is 1. The Kier molecular flexibility index (Phi) is 3.33. The molecule has 0 fully saturated rings. The Morgan fingerprint density at radius 3 is 2.50 bits per heavy atom. The molecule has 1 aromatic rings. The molecule has 72 valence electrons. The van der Waals surface area contributed by atoms with Crippen LogP contribution in [0.15, 0.2) is 31.0 Å². The lowest BCUT2D eigenvalue weighted by molar-refractivity contribution is 0.413. The monoisotopic (exact) mass is 186 g/mol. The number of ether oxygens (including phenoxy) is 1. The van der Waals surface area contributed by atoms with Crippen molar-refractivity contribution in [1.82, 2.24) is 0 Å². The summed E-state index contributed by atoms with van der Waals surface area (Å²) < 4.78 is 5.30. The Labute approximate surface area is 85.0 Å². The van der Waals surface area contributed by atoms with Crippen molar-refractivity contribution in [3.63, 3.8) is 0 Å². The molecule has 0 unspecified atom stereocenters. The summed E-state index contributed by atoms with van der Waals surface area (Å²) in [6.07, 6.45) is 3.59. The van der Waals surface area contributed by atoms with Gasteiger partial charge in [-0.3, -0.25) is 0 Å². The zero-order chi connectivity index (χ0) is 10.6. The summed E-state index contributed by atoms with van der Waals surface area (Å²) in [4.78, 5) is 0. The fourth-order valence-electron chi connectivity index (χ4n) is 1.43.